The van der Waals surface area contributed by atoms with Crippen LogP contribution in [-0.4, -0.2) is 43.8 Å². The Labute approximate surface area is 144 Å². The quantitative estimate of drug-likeness (QED) is 0.856. The highest BCUT2D eigenvalue weighted by atomic mass is 32.2. The molecule has 0 unspecified atom stereocenters. The molecule has 24 heavy (non-hydrogen) atoms. The number of piperazine rings is 1. The van der Waals surface area contributed by atoms with Crippen molar-refractivity contribution in [1.82, 2.24) is 9.21 Å². The van der Waals surface area contributed by atoms with Gasteiger partial charge in [0.05, 0.1) is 4.90 Å². The largest absolute Gasteiger partial charge is 0.296 e. The van der Waals surface area contributed by atoms with E-state index in [9.17, 15) is 8.42 Å². The minimum Gasteiger partial charge on any atom is -0.296 e. The second-order valence-corrected chi connectivity index (χ2v) is 8.34. The summed E-state index contributed by atoms with van der Waals surface area (Å²) in [6.07, 6.45) is 0. The third-order valence-electron chi connectivity index (χ3n) is 4.53. The van der Waals surface area contributed by atoms with E-state index in [-0.39, 0.29) is 0 Å². The van der Waals surface area contributed by atoms with E-state index in [1.54, 1.807) is 16.4 Å². The van der Waals surface area contributed by atoms with Crippen LogP contribution in [0.25, 0.3) is 0 Å². The van der Waals surface area contributed by atoms with E-state index in [4.69, 9.17) is 0 Å². The van der Waals surface area contributed by atoms with Crippen molar-refractivity contribution in [2.24, 2.45) is 0 Å². The van der Waals surface area contributed by atoms with Crippen molar-refractivity contribution in [3.8, 4) is 0 Å². The Hall–Kier alpha value is -1.69. The highest BCUT2D eigenvalue weighted by molar-refractivity contribution is 7.89. The van der Waals surface area contributed by atoms with Gasteiger partial charge in [-0.25, -0.2) is 8.42 Å². The molecule has 0 atom stereocenters. The zero-order valence-electron chi connectivity index (χ0n) is 14.3. The van der Waals surface area contributed by atoms with Gasteiger partial charge >= 0.3 is 0 Å². The smallest absolute Gasteiger partial charge is 0.243 e. The van der Waals surface area contributed by atoms with Gasteiger partial charge in [0.25, 0.3) is 0 Å². The zero-order valence-corrected chi connectivity index (χ0v) is 15.1. The average molecular weight is 344 g/mol. The molecule has 0 radical (unpaired) electrons. The predicted octanol–water partition coefficient (Wildman–Crippen LogP) is 2.81. The van der Waals surface area contributed by atoms with E-state index in [0.29, 0.717) is 18.0 Å². The summed E-state index contributed by atoms with van der Waals surface area (Å²) >= 11 is 0. The van der Waals surface area contributed by atoms with Gasteiger partial charge in [-0.3, -0.25) is 4.90 Å². The topological polar surface area (TPSA) is 40.6 Å². The summed E-state index contributed by atoms with van der Waals surface area (Å²) in [5.41, 5.74) is 3.35. The fourth-order valence-electron chi connectivity index (χ4n) is 3.18. The number of nitrogens with zero attached hydrogens (tertiary/aromatic N) is 2. The Balaban J connectivity index is 1.66. The van der Waals surface area contributed by atoms with Gasteiger partial charge < -0.3 is 0 Å². The first-order valence-electron chi connectivity index (χ1n) is 8.30. The summed E-state index contributed by atoms with van der Waals surface area (Å²) in [4.78, 5) is 2.75. The monoisotopic (exact) mass is 344 g/mol. The van der Waals surface area contributed by atoms with E-state index in [1.807, 2.05) is 19.1 Å². The SMILES string of the molecule is Cc1cccc(CN2CCN(S(=O)(=O)c3ccccc3C)CC2)c1. The number of rotatable bonds is 4. The first-order chi connectivity index (χ1) is 11.5. The van der Waals surface area contributed by atoms with Crippen LogP contribution in [0.4, 0.5) is 0 Å². The minimum absolute atomic E-state index is 0.428. The van der Waals surface area contributed by atoms with Crippen molar-refractivity contribution in [2.75, 3.05) is 26.2 Å². The molecule has 0 amide bonds. The molecule has 2 aromatic rings. The number of benzene rings is 2. The van der Waals surface area contributed by atoms with Crippen LogP contribution in [0.3, 0.4) is 0 Å². The summed E-state index contributed by atoms with van der Waals surface area (Å²) in [6, 6.07) is 15.7. The number of sulfonamides is 1. The summed E-state index contributed by atoms with van der Waals surface area (Å²) in [6.45, 7) is 7.43. The lowest BCUT2D eigenvalue weighted by Crippen LogP contribution is -2.48. The average Bonchev–Trinajstić information content (AvgIpc) is 2.55. The second-order valence-electron chi connectivity index (χ2n) is 6.43. The van der Waals surface area contributed by atoms with Crippen molar-refractivity contribution in [1.29, 1.82) is 0 Å². The van der Waals surface area contributed by atoms with Crippen LogP contribution in [0.15, 0.2) is 53.4 Å². The van der Waals surface area contributed by atoms with Gasteiger partial charge in [-0.2, -0.15) is 4.31 Å². The molecule has 2 aromatic carbocycles. The molecule has 128 valence electrons. The van der Waals surface area contributed by atoms with Gasteiger partial charge in [-0.05, 0) is 31.0 Å². The molecule has 0 bridgehead atoms. The van der Waals surface area contributed by atoms with Gasteiger partial charge in [-0.15, -0.1) is 0 Å². The third kappa shape index (κ3) is 3.69. The van der Waals surface area contributed by atoms with Crippen molar-refractivity contribution in [3.63, 3.8) is 0 Å². The maximum atomic E-state index is 12.8. The molecular formula is C19H24N2O2S. The van der Waals surface area contributed by atoms with E-state index >= 15 is 0 Å². The van der Waals surface area contributed by atoms with Gasteiger partial charge in [0.2, 0.25) is 10.0 Å². The maximum absolute atomic E-state index is 12.8. The fourth-order valence-corrected chi connectivity index (χ4v) is 4.83. The van der Waals surface area contributed by atoms with Crippen LogP contribution < -0.4 is 0 Å². The predicted molar refractivity (Wildman–Crippen MR) is 96.4 cm³/mol. The van der Waals surface area contributed by atoms with Crippen LogP contribution in [0.1, 0.15) is 16.7 Å². The van der Waals surface area contributed by atoms with Gasteiger partial charge in [-0.1, -0.05) is 48.0 Å². The molecule has 0 spiro atoms. The second kappa shape index (κ2) is 7.05. The van der Waals surface area contributed by atoms with Gasteiger partial charge in [0.15, 0.2) is 0 Å². The molecule has 4 nitrogen and oxygen atoms in total. The Kier molecular flexibility index (Phi) is 5.04. The summed E-state index contributed by atoms with van der Waals surface area (Å²) in [7, 11) is -3.39. The standard InChI is InChI=1S/C19H24N2O2S/c1-16-6-5-8-18(14-16)15-20-10-12-21(13-11-20)24(22,23)19-9-4-3-7-17(19)2/h3-9,14H,10-13,15H2,1-2H3. The first-order valence-corrected chi connectivity index (χ1v) is 9.74. The highest BCUT2D eigenvalue weighted by Crippen LogP contribution is 2.21. The molecule has 3 rings (SSSR count). The van der Waals surface area contributed by atoms with E-state index < -0.39 is 10.0 Å². The fraction of sp³-hybridized carbons (Fsp3) is 0.368. The molecule has 0 aliphatic carbocycles. The number of hydrogen-bond donors (Lipinski definition) is 0. The normalized spacial score (nSPS) is 17.1. The van der Waals surface area contributed by atoms with E-state index in [2.05, 4.69) is 36.1 Å². The van der Waals surface area contributed by atoms with Crippen molar-refractivity contribution in [2.45, 2.75) is 25.3 Å². The Bertz CT molecular complexity index is 810. The summed E-state index contributed by atoms with van der Waals surface area (Å²) < 4.78 is 27.3. The Morgan fingerprint density at radius 1 is 0.917 bits per heavy atom. The lowest BCUT2D eigenvalue weighted by Gasteiger charge is -2.34. The number of hydrogen-bond acceptors (Lipinski definition) is 3. The van der Waals surface area contributed by atoms with Crippen molar-refractivity contribution >= 4 is 10.0 Å². The van der Waals surface area contributed by atoms with E-state index in [1.165, 1.54) is 11.1 Å². The molecule has 1 aliphatic heterocycles. The Morgan fingerprint density at radius 2 is 1.62 bits per heavy atom. The zero-order chi connectivity index (χ0) is 17.2. The summed E-state index contributed by atoms with van der Waals surface area (Å²) in [5.74, 6) is 0. The van der Waals surface area contributed by atoms with Crippen LogP contribution in [0, 0.1) is 13.8 Å². The molecule has 5 heteroatoms. The van der Waals surface area contributed by atoms with Crippen molar-refractivity contribution in [3.05, 3.63) is 65.2 Å². The van der Waals surface area contributed by atoms with Crippen molar-refractivity contribution < 1.29 is 8.42 Å². The molecule has 1 heterocycles. The summed E-state index contributed by atoms with van der Waals surface area (Å²) in [5, 5.41) is 0. The minimum atomic E-state index is -3.39. The lowest BCUT2D eigenvalue weighted by atomic mass is 10.1. The first kappa shape index (κ1) is 17.1. The molecule has 0 saturated carbocycles. The molecule has 0 aromatic heterocycles. The Morgan fingerprint density at radius 3 is 2.29 bits per heavy atom. The van der Waals surface area contributed by atoms with Gasteiger partial charge in [0, 0.05) is 32.7 Å². The van der Waals surface area contributed by atoms with E-state index in [0.717, 1.165) is 25.2 Å². The van der Waals surface area contributed by atoms with Crippen LogP contribution in [0.2, 0.25) is 0 Å². The molecule has 1 saturated heterocycles. The number of aryl methyl sites for hydroxylation is 2. The molecule has 1 fully saturated rings. The maximum Gasteiger partial charge on any atom is 0.243 e. The van der Waals surface area contributed by atoms with Crippen LogP contribution >= 0.6 is 0 Å². The molecular weight excluding hydrogens is 320 g/mol. The third-order valence-corrected chi connectivity index (χ3v) is 6.59. The molecule has 0 N–H and O–H groups in total. The van der Waals surface area contributed by atoms with Crippen LogP contribution in [-0.2, 0) is 16.6 Å². The molecule has 1 aliphatic rings. The lowest BCUT2D eigenvalue weighted by molar-refractivity contribution is 0.181. The van der Waals surface area contributed by atoms with Gasteiger partial charge in [0.1, 0.15) is 0 Å². The highest BCUT2D eigenvalue weighted by Gasteiger charge is 2.29. The van der Waals surface area contributed by atoms with Crippen LogP contribution in [0.5, 0.6) is 0 Å².